The van der Waals surface area contributed by atoms with Crippen LogP contribution in [0.3, 0.4) is 0 Å². The third-order valence-corrected chi connectivity index (χ3v) is 4.76. The zero-order valence-corrected chi connectivity index (χ0v) is 17.5. The topological polar surface area (TPSA) is 138 Å². The molecule has 1 aliphatic heterocycles. The van der Waals surface area contributed by atoms with Gasteiger partial charge in [0.05, 0.1) is 29.6 Å². The maximum atomic E-state index is 13.1. The first-order valence-corrected chi connectivity index (χ1v) is 9.88. The van der Waals surface area contributed by atoms with E-state index < -0.39 is 16.8 Å². The second-order valence-electron chi connectivity index (χ2n) is 6.67. The van der Waals surface area contributed by atoms with Gasteiger partial charge in [0.15, 0.2) is 0 Å². The summed E-state index contributed by atoms with van der Waals surface area (Å²) in [5, 5.41) is 21.1. The zero-order chi connectivity index (χ0) is 23.3. The number of nitriles is 1. The molecule has 0 spiro atoms. The van der Waals surface area contributed by atoms with Crippen molar-refractivity contribution in [2.75, 3.05) is 13.2 Å². The Morgan fingerprint density at radius 3 is 2.62 bits per heavy atom. The molecule has 0 fully saturated rings. The summed E-state index contributed by atoms with van der Waals surface area (Å²) in [7, 11) is 0. The fourth-order valence-corrected chi connectivity index (χ4v) is 3.47. The fourth-order valence-electron chi connectivity index (χ4n) is 3.47. The molecule has 2 aromatic rings. The Morgan fingerprint density at radius 2 is 1.97 bits per heavy atom. The number of esters is 1. The Morgan fingerprint density at radius 1 is 1.22 bits per heavy atom. The first-order chi connectivity index (χ1) is 15.4. The van der Waals surface area contributed by atoms with Crippen LogP contribution >= 0.6 is 0 Å². The molecule has 3 rings (SSSR count). The van der Waals surface area contributed by atoms with Gasteiger partial charge in [0.2, 0.25) is 5.88 Å². The largest absolute Gasteiger partial charge is 0.494 e. The number of allylic oxidation sites excluding steroid dienone is 1. The Balaban J connectivity index is 2.33. The highest BCUT2D eigenvalue weighted by molar-refractivity contribution is 6.00. The highest BCUT2D eigenvalue weighted by Crippen LogP contribution is 2.45. The quantitative estimate of drug-likeness (QED) is 0.394. The van der Waals surface area contributed by atoms with Crippen molar-refractivity contribution in [3.8, 4) is 11.8 Å². The Labute approximate surface area is 184 Å². The van der Waals surface area contributed by atoms with Crippen molar-refractivity contribution >= 4 is 17.4 Å². The van der Waals surface area contributed by atoms with Gasteiger partial charge < -0.3 is 19.9 Å². The third-order valence-electron chi connectivity index (χ3n) is 4.76. The summed E-state index contributed by atoms with van der Waals surface area (Å²) in [6, 6.07) is 14.6. The number of nitrogens with two attached hydrogens (primary N) is 1. The van der Waals surface area contributed by atoms with E-state index in [2.05, 4.69) is 0 Å². The SMILES string of the molecule is CCOC(=O)C1=C(c2cccc([N+](=O)[O-])c2)OC(N)=C(C#N)C1c1ccccc1OCC. The molecule has 1 atom stereocenters. The first-order valence-electron chi connectivity index (χ1n) is 9.88. The molecule has 164 valence electrons. The molecule has 2 N–H and O–H groups in total. The van der Waals surface area contributed by atoms with Crippen molar-refractivity contribution < 1.29 is 23.9 Å². The molecule has 0 radical (unpaired) electrons. The third kappa shape index (κ3) is 4.25. The minimum absolute atomic E-state index is 0.00486. The first kappa shape index (κ1) is 22.4. The van der Waals surface area contributed by atoms with E-state index in [4.69, 9.17) is 19.9 Å². The number of rotatable bonds is 7. The van der Waals surface area contributed by atoms with Gasteiger partial charge in [-0.1, -0.05) is 30.3 Å². The molecular weight excluding hydrogens is 414 g/mol. The normalized spacial score (nSPS) is 15.6. The van der Waals surface area contributed by atoms with Crippen molar-refractivity contribution in [2.45, 2.75) is 19.8 Å². The molecule has 2 aromatic carbocycles. The van der Waals surface area contributed by atoms with Crippen LogP contribution in [0, 0.1) is 21.4 Å². The smallest absolute Gasteiger partial charge is 0.338 e. The van der Waals surface area contributed by atoms with Crippen molar-refractivity contribution in [3.63, 3.8) is 0 Å². The lowest BCUT2D eigenvalue weighted by Crippen LogP contribution is -2.26. The molecule has 32 heavy (non-hydrogen) atoms. The zero-order valence-electron chi connectivity index (χ0n) is 17.5. The van der Waals surface area contributed by atoms with E-state index in [0.717, 1.165) is 0 Å². The number of nitro groups is 1. The Hall–Kier alpha value is -4.32. The molecular formula is C23H21N3O6. The van der Waals surface area contributed by atoms with E-state index in [9.17, 15) is 20.2 Å². The van der Waals surface area contributed by atoms with E-state index in [1.54, 1.807) is 37.3 Å². The summed E-state index contributed by atoms with van der Waals surface area (Å²) >= 11 is 0. The van der Waals surface area contributed by atoms with Crippen LogP contribution < -0.4 is 10.5 Å². The summed E-state index contributed by atoms with van der Waals surface area (Å²) in [5.41, 5.74) is 6.67. The van der Waals surface area contributed by atoms with Gasteiger partial charge in [-0.05, 0) is 19.9 Å². The Kier molecular flexibility index (Phi) is 6.75. The van der Waals surface area contributed by atoms with E-state index in [1.807, 2.05) is 13.0 Å². The van der Waals surface area contributed by atoms with Gasteiger partial charge in [0.25, 0.3) is 5.69 Å². The van der Waals surface area contributed by atoms with Crippen LogP contribution in [0.5, 0.6) is 5.75 Å². The highest BCUT2D eigenvalue weighted by atomic mass is 16.6. The van der Waals surface area contributed by atoms with Gasteiger partial charge in [-0.3, -0.25) is 10.1 Å². The second kappa shape index (κ2) is 9.66. The van der Waals surface area contributed by atoms with Crippen molar-refractivity contribution in [3.05, 3.63) is 86.8 Å². The number of hydrogen-bond donors (Lipinski definition) is 1. The molecule has 0 amide bonds. The lowest BCUT2D eigenvalue weighted by molar-refractivity contribution is -0.384. The van der Waals surface area contributed by atoms with Crippen LogP contribution in [0.2, 0.25) is 0 Å². The number of ether oxygens (including phenoxy) is 3. The lowest BCUT2D eigenvalue weighted by Gasteiger charge is -2.29. The van der Waals surface area contributed by atoms with Crippen LogP contribution in [0.1, 0.15) is 30.9 Å². The minimum Gasteiger partial charge on any atom is -0.494 e. The van der Waals surface area contributed by atoms with Crippen molar-refractivity contribution in [2.24, 2.45) is 5.73 Å². The number of para-hydroxylation sites is 1. The maximum absolute atomic E-state index is 13.1. The summed E-state index contributed by atoms with van der Waals surface area (Å²) in [5.74, 6) is -1.45. The average Bonchev–Trinajstić information content (AvgIpc) is 2.79. The summed E-state index contributed by atoms with van der Waals surface area (Å²) < 4.78 is 16.7. The predicted octanol–water partition coefficient (Wildman–Crippen LogP) is 3.78. The fraction of sp³-hybridized carbons (Fsp3) is 0.217. The molecule has 0 aromatic heterocycles. The molecule has 9 nitrogen and oxygen atoms in total. The number of non-ortho nitro benzene ring substituents is 1. The van der Waals surface area contributed by atoms with Crippen LogP contribution in [-0.4, -0.2) is 24.1 Å². The number of carbonyl (C=O) groups excluding carboxylic acids is 1. The number of nitrogens with zero attached hydrogens (tertiary/aromatic N) is 2. The molecule has 9 heteroatoms. The monoisotopic (exact) mass is 435 g/mol. The van der Waals surface area contributed by atoms with E-state index in [1.165, 1.54) is 18.2 Å². The van der Waals surface area contributed by atoms with Crippen molar-refractivity contribution in [1.29, 1.82) is 5.26 Å². The molecule has 0 bridgehead atoms. The highest BCUT2D eigenvalue weighted by Gasteiger charge is 2.39. The van der Waals surface area contributed by atoms with Gasteiger partial charge in [0, 0.05) is 23.3 Å². The molecule has 1 unspecified atom stereocenters. The van der Waals surface area contributed by atoms with Crippen LogP contribution in [0.25, 0.3) is 5.76 Å². The van der Waals surface area contributed by atoms with Crippen LogP contribution in [0.4, 0.5) is 5.69 Å². The number of nitro benzene ring substituents is 1. The standard InChI is InChI=1S/C23H21N3O6/c1-3-30-18-11-6-5-10-16(18)19-17(13-24)22(25)32-21(20(19)23(27)31-4-2)14-8-7-9-15(12-14)26(28)29/h5-12,19H,3-4,25H2,1-2H3. The van der Waals surface area contributed by atoms with Gasteiger partial charge in [-0.2, -0.15) is 5.26 Å². The van der Waals surface area contributed by atoms with E-state index in [0.29, 0.717) is 17.9 Å². The summed E-state index contributed by atoms with van der Waals surface area (Å²) in [6.45, 7) is 3.89. The van der Waals surface area contributed by atoms with Crippen molar-refractivity contribution in [1.82, 2.24) is 0 Å². The van der Waals surface area contributed by atoms with Gasteiger partial charge >= 0.3 is 5.97 Å². The second-order valence-corrected chi connectivity index (χ2v) is 6.67. The molecule has 1 heterocycles. The van der Waals surface area contributed by atoms with Gasteiger partial charge in [0.1, 0.15) is 23.2 Å². The molecule has 0 aliphatic carbocycles. The summed E-state index contributed by atoms with van der Waals surface area (Å²) in [6.07, 6.45) is 0. The molecule has 1 aliphatic rings. The number of carbonyl (C=O) groups is 1. The predicted molar refractivity (Wildman–Crippen MR) is 115 cm³/mol. The number of hydrogen-bond acceptors (Lipinski definition) is 8. The summed E-state index contributed by atoms with van der Waals surface area (Å²) in [4.78, 5) is 23.8. The molecule has 0 saturated heterocycles. The van der Waals surface area contributed by atoms with Gasteiger partial charge in [-0.15, -0.1) is 0 Å². The number of benzene rings is 2. The maximum Gasteiger partial charge on any atom is 0.338 e. The van der Waals surface area contributed by atoms with Crippen LogP contribution in [0.15, 0.2) is 65.6 Å². The molecule has 0 saturated carbocycles. The lowest BCUT2D eigenvalue weighted by atomic mass is 9.81. The van der Waals surface area contributed by atoms with Gasteiger partial charge in [-0.25, -0.2) is 4.79 Å². The Bertz CT molecular complexity index is 1160. The van der Waals surface area contributed by atoms with E-state index >= 15 is 0 Å². The minimum atomic E-state index is -0.954. The van der Waals surface area contributed by atoms with E-state index in [-0.39, 0.29) is 40.6 Å². The van der Waals surface area contributed by atoms with Crippen LogP contribution in [-0.2, 0) is 14.3 Å². The average molecular weight is 435 g/mol.